The first-order chi connectivity index (χ1) is 7.66. The lowest BCUT2D eigenvalue weighted by atomic mass is 10.1. The van der Waals surface area contributed by atoms with Crippen molar-refractivity contribution in [2.24, 2.45) is 5.73 Å². The van der Waals surface area contributed by atoms with Crippen LogP contribution in [0, 0.1) is 12.7 Å². The Hall–Kier alpha value is -1.42. The second-order valence-corrected chi connectivity index (χ2v) is 3.69. The van der Waals surface area contributed by atoms with Gasteiger partial charge in [0.2, 0.25) is 0 Å². The number of nitrogens with one attached hydrogen (secondary N) is 1. The van der Waals surface area contributed by atoms with Crippen molar-refractivity contribution in [3.63, 3.8) is 0 Å². The monoisotopic (exact) mass is 224 g/mol. The highest BCUT2D eigenvalue weighted by Crippen LogP contribution is 2.11. The number of hydrogen-bond donors (Lipinski definition) is 2. The number of unbranched alkanes of at least 4 members (excludes halogenated alkanes) is 1. The fourth-order valence-electron chi connectivity index (χ4n) is 1.39. The summed E-state index contributed by atoms with van der Waals surface area (Å²) >= 11 is 0. The molecule has 0 aromatic heterocycles. The largest absolute Gasteiger partial charge is 0.352 e. The Morgan fingerprint density at radius 3 is 2.88 bits per heavy atom. The van der Waals surface area contributed by atoms with Gasteiger partial charge in [0.1, 0.15) is 5.82 Å². The smallest absolute Gasteiger partial charge is 0.254 e. The van der Waals surface area contributed by atoms with Gasteiger partial charge in [0.05, 0.1) is 5.56 Å². The van der Waals surface area contributed by atoms with Crippen LogP contribution in [-0.4, -0.2) is 19.0 Å². The molecule has 0 aliphatic heterocycles. The minimum absolute atomic E-state index is 0.104. The fraction of sp³-hybridized carbons (Fsp3) is 0.417. The van der Waals surface area contributed by atoms with Crippen molar-refractivity contribution in [3.8, 4) is 0 Å². The van der Waals surface area contributed by atoms with E-state index in [2.05, 4.69) is 5.32 Å². The number of hydrogen-bond acceptors (Lipinski definition) is 2. The van der Waals surface area contributed by atoms with Gasteiger partial charge in [0, 0.05) is 6.54 Å². The van der Waals surface area contributed by atoms with E-state index >= 15 is 0 Å². The first-order valence-corrected chi connectivity index (χ1v) is 5.40. The first-order valence-electron chi connectivity index (χ1n) is 5.40. The summed E-state index contributed by atoms with van der Waals surface area (Å²) in [6, 6.07) is 4.80. The van der Waals surface area contributed by atoms with Crippen molar-refractivity contribution in [1.82, 2.24) is 5.32 Å². The Morgan fingerprint density at radius 2 is 2.19 bits per heavy atom. The molecule has 0 aliphatic rings. The van der Waals surface area contributed by atoms with Crippen molar-refractivity contribution in [2.45, 2.75) is 19.8 Å². The number of carbonyl (C=O) groups excluding carboxylic acids is 1. The Balaban J connectivity index is 2.56. The van der Waals surface area contributed by atoms with Crippen molar-refractivity contribution < 1.29 is 9.18 Å². The molecule has 4 heteroatoms. The van der Waals surface area contributed by atoms with Crippen molar-refractivity contribution in [3.05, 3.63) is 35.1 Å². The predicted molar refractivity (Wildman–Crippen MR) is 61.8 cm³/mol. The molecule has 0 saturated heterocycles. The molecule has 3 nitrogen and oxygen atoms in total. The van der Waals surface area contributed by atoms with Gasteiger partial charge in [-0.2, -0.15) is 0 Å². The van der Waals surface area contributed by atoms with Crippen LogP contribution in [0.1, 0.15) is 28.8 Å². The third kappa shape index (κ3) is 3.31. The molecule has 0 bridgehead atoms. The summed E-state index contributed by atoms with van der Waals surface area (Å²) in [5.74, 6) is -0.808. The number of halogens is 1. The van der Waals surface area contributed by atoms with Crippen LogP contribution in [0.5, 0.6) is 0 Å². The molecule has 0 radical (unpaired) electrons. The second-order valence-electron chi connectivity index (χ2n) is 3.69. The van der Waals surface area contributed by atoms with Crippen LogP contribution in [0.15, 0.2) is 18.2 Å². The van der Waals surface area contributed by atoms with E-state index in [9.17, 15) is 9.18 Å². The minimum Gasteiger partial charge on any atom is -0.352 e. The zero-order chi connectivity index (χ0) is 12.0. The van der Waals surface area contributed by atoms with Gasteiger partial charge in [-0.05, 0) is 37.9 Å². The average molecular weight is 224 g/mol. The van der Waals surface area contributed by atoms with Gasteiger partial charge in [-0.3, -0.25) is 4.79 Å². The highest BCUT2D eigenvalue weighted by molar-refractivity contribution is 5.94. The summed E-state index contributed by atoms with van der Waals surface area (Å²) in [7, 11) is 0. The summed E-state index contributed by atoms with van der Waals surface area (Å²) in [6.07, 6.45) is 1.67. The maximum Gasteiger partial charge on any atom is 0.254 e. The quantitative estimate of drug-likeness (QED) is 0.746. The van der Waals surface area contributed by atoms with E-state index in [-0.39, 0.29) is 11.5 Å². The van der Waals surface area contributed by atoms with Gasteiger partial charge < -0.3 is 11.1 Å². The van der Waals surface area contributed by atoms with Gasteiger partial charge in [-0.15, -0.1) is 0 Å². The van der Waals surface area contributed by atoms with E-state index in [1.54, 1.807) is 19.1 Å². The fourth-order valence-corrected chi connectivity index (χ4v) is 1.39. The Labute approximate surface area is 94.8 Å². The lowest BCUT2D eigenvalue weighted by Gasteiger charge is -2.06. The van der Waals surface area contributed by atoms with Crippen molar-refractivity contribution >= 4 is 5.91 Å². The summed E-state index contributed by atoms with van der Waals surface area (Å²) in [5, 5.41) is 2.67. The second kappa shape index (κ2) is 6.23. The molecule has 88 valence electrons. The first kappa shape index (κ1) is 12.6. The molecule has 1 rings (SSSR count). The molecule has 0 aliphatic carbocycles. The minimum atomic E-state index is -0.446. The SMILES string of the molecule is Cc1cccc(C(=O)NCCCCN)c1F. The van der Waals surface area contributed by atoms with Gasteiger partial charge >= 0.3 is 0 Å². The van der Waals surface area contributed by atoms with Crippen molar-refractivity contribution in [2.75, 3.05) is 13.1 Å². The van der Waals surface area contributed by atoms with Gasteiger partial charge in [0.15, 0.2) is 0 Å². The molecule has 0 saturated carbocycles. The van der Waals surface area contributed by atoms with Crippen LogP contribution < -0.4 is 11.1 Å². The molecular weight excluding hydrogens is 207 g/mol. The third-order valence-electron chi connectivity index (χ3n) is 2.35. The van der Waals surface area contributed by atoms with Crippen LogP contribution in [0.3, 0.4) is 0 Å². The molecule has 1 aromatic rings. The highest BCUT2D eigenvalue weighted by atomic mass is 19.1. The Morgan fingerprint density at radius 1 is 1.44 bits per heavy atom. The molecule has 1 aromatic carbocycles. The normalized spacial score (nSPS) is 10.2. The Kier molecular flexibility index (Phi) is 4.92. The molecular formula is C12H17FN2O. The summed E-state index contributed by atoms with van der Waals surface area (Å²) in [6.45, 7) is 2.78. The predicted octanol–water partition coefficient (Wildman–Crippen LogP) is 1.60. The van der Waals surface area contributed by atoms with Crippen LogP contribution >= 0.6 is 0 Å². The highest BCUT2D eigenvalue weighted by Gasteiger charge is 2.11. The lowest BCUT2D eigenvalue weighted by molar-refractivity contribution is 0.0949. The van der Waals surface area contributed by atoms with E-state index in [1.807, 2.05) is 0 Å². The molecule has 0 fully saturated rings. The lowest BCUT2D eigenvalue weighted by Crippen LogP contribution is -2.26. The van der Waals surface area contributed by atoms with E-state index in [0.29, 0.717) is 18.7 Å². The van der Waals surface area contributed by atoms with Gasteiger partial charge in [-0.25, -0.2) is 4.39 Å². The third-order valence-corrected chi connectivity index (χ3v) is 2.35. The molecule has 3 N–H and O–H groups in total. The number of nitrogens with two attached hydrogens (primary N) is 1. The van der Waals surface area contributed by atoms with Gasteiger partial charge in [0.25, 0.3) is 5.91 Å². The Bertz CT molecular complexity index is 366. The number of rotatable bonds is 5. The van der Waals surface area contributed by atoms with E-state index in [0.717, 1.165) is 12.8 Å². The zero-order valence-electron chi connectivity index (χ0n) is 9.42. The van der Waals surface area contributed by atoms with E-state index in [4.69, 9.17) is 5.73 Å². The van der Waals surface area contributed by atoms with Crippen LogP contribution in [0.2, 0.25) is 0 Å². The summed E-state index contributed by atoms with van der Waals surface area (Å²) < 4.78 is 13.5. The summed E-state index contributed by atoms with van der Waals surface area (Å²) in [4.78, 5) is 11.6. The molecule has 0 spiro atoms. The maximum absolute atomic E-state index is 13.5. The number of amides is 1. The number of benzene rings is 1. The maximum atomic E-state index is 13.5. The summed E-state index contributed by atoms with van der Waals surface area (Å²) in [5.41, 5.74) is 5.91. The number of carbonyl (C=O) groups is 1. The molecule has 16 heavy (non-hydrogen) atoms. The van der Waals surface area contributed by atoms with E-state index in [1.165, 1.54) is 6.07 Å². The van der Waals surface area contributed by atoms with Crippen LogP contribution in [-0.2, 0) is 0 Å². The average Bonchev–Trinajstić information content (AvgIpc) is 2.28. The molecule has 0 unspecified atom stereocenters. The molecule has 1 amide bonds. The number of aryl methyl sites for hydroxylation is 1. The van der Waals surface area contributed by atoms with Crippen molar-refractivity contribution in [1.29, 1.82) is 0 Å². The van der Waals surface area contributed by atoms with Crippen LogP contribution in [0.25, 0.3) is 0 Å². The molecule has 0 heterocycles. The zero-order valence-corrected chi connectivity index (χ0v) is 9.42. The molecule has 0 atom stereocenters. The topological polar surface area (TPSA) is 55.1 Å². The van der Waals surface area contributed by atoms with Crippen LogP contribution in [0.4, 0.5) is 4.39 Å². The van der Waals surface area contributed by atoms with Gasteiger partial charge in [-0.1, -0.05) is 12.1 Å². The van der Waals surface area contributed by atoms with E-state index < -0.39 is 5.82 Å². The standard InChI is InChI=1S/C12H17FN2O/c1-9-5-4-6-10(11(9)13)12(16)15-8-3-2-7-14/h4-6H,2-3,7-8,14H2,1H3,(H,15,16).